The zero-order chi connectivity index (χ0) is 40.9. The number of aliphatic hydroxyl groups excluding tert-OH is 12. The Labute approximate surface area is 314 Å². The topological polar surface area (TPSA) is 375 Å². The van der Waals surface area contributed by atoms with Crippen LogP contribution in [0.1, 0.15) is 20.8 Å². The molecule has 4 saturated heterocycles. The van der Waals surface area contributed by atoms with Crippen molar-refractivity contribution in [3.63, 3.8) is 0 Å². The van der Waals surface area contributed by atoms with E-state index in [1.54, 1.807) is 0 Å². The number of ether oxygens (including phenoxy) is 8. The second-order valence-corrected chi connectivity index (χ2v) is 13.7. The molecule has 21 atom stereocenters. The number of aliphatic hydroxyl groups is 12. The van der Waals surface area contributed by atoms with Crippen molar-refractivity contribution in [2.45, 2.75) is 150 Å². The molecule has 4 aliphatic rings. The summed E-state index contributed by atoms with van der Waals surface area (Å²) >= 11 is 0. The minimum absolute atomic E-state index is 0.434. The Morgan fingerprint density at radius 1 is 0.564 bits per heavy atom. The predicted molar refractivity (Wildman–Crippen MR) is 172 cm³/mol. The molecule has 2 amide bonds. The van der Waals surface area contributed by atoms with Crippen LogP contribution < -0.4 is 10.6 Å². The summed E-state index contributed by atoms with van der Waals surface area (Å²) in [5.74, 6) is -1.29. The molecule has 24 nitrogen and oxygen atoms in total. The molecule has 0 saturated carbocycles. The largest absolute Gasteiger partial charge is 0.394 e. The Hall–Kier alpha value is -1.86. The summed E-state index contributed by atoms with van der Waals surface area (Å²) in [5, 5.41) is 131. The van der Waals surface area contributed by atoms with Crippen molar-refractivity contribution < 1.29 is 109 Å². The number of carbonyl (C=O) groups is 2. The maximum atomic E-state index is 12.7. The fraction of sp³-hybridized carbons (Fsp3) is 0.935. The van der Waals surface area contributed by atoms with E-state index in [9.17, 15) is 70.9 Å². The lowest BCUT2D eigenvalue weighted by atomic mass is 9.93. The van der Waals surface area contributed by atoms with Gasteiger partial charge in [0, 0.05) is 13.8 Å². The van der Waals surface area contributed by atoms with E-state index in [4.69, 9.17) is 37.9 Å². The summed E-state index contributed by atoms with van der Waals surface area (Å²) < 4.78 is 46.1. The molecular formula is C31H54N2O22. The van der Waals surface area contributed by atoms with Crippen LogP contribution in [0.15, 0.2) is 0 Å². The number of hydrogen-bond acceptors (Lipinski definition) is 22. The highest BCUT2D eigenvalue weighted by Crippen LogP contribution is 2.36. The molecule has 4 aliphatic heterocycles. The molecule has 4 heterocycles. The maximum absolute atomic E-state index is 12.7. The van der Waals surface area contributed by atoms with Gasteiger partial charge in [0.1, 0.15) is 97.6 Å². The molecule has 55 heavy (non-hydrogen) atoms. The smallest absolute Gasteiger partial charge is 0.217 e. The standard InChI is InChI=1S/C31H54N2O22/c1-9-18(41)28(20(43)13(6-35)48-9)55-29-17(33-11(3)39)27(54-30-23(46)21(44)19(42)12(5-34)49-30)26(15(8-37)50-29)53-31-24(47)22(45)25(14(7-36)51-31)52-16(40)4-32-10(2)38/h9,12-31,34-37,40-47H,4-8H2,1-3H3,(H,32,38)(H,33,39)/t9?,12?,13?,14?,15?,16-,17?,18?,19?,20?,21?,22?,23?,24?,25?,26?,27?,28?,29?,30?,31?/m0/s1. The van der Waals surface area contributed by atoms with E-state index < -0.39 is 174 Å². The van der Waals surface area contributed by atoms with Crippen LogP contribution in [0.3, 0.4) is 0 Å². The molecule has 0 radical (unpaired) electrons. The van der Waals surface area contributed by atoms with Crippen LogP contribution in [0.2, 0.25) is 0 Å². The first-order chi connectivity index (χ1) is 26.0. The Morgan fingerprint density at radius 3 is 1.62 bits per heavy atom. The molecule has 320 valence electrons. The van der Waals surface area contributed by atoms with Crippen LogP contribution in [0, 0.1) is 0 Å². The lowest BCUT2D eigenvalue weighted by Crippen LogP contribution is -2.71. The SMILES string of the molecule is CC(=O)NC[C@@H](O)OC1C(CO)OC(OC2C(CO)OC(OC3C(O)C(C)OC(CO)C3O)C(NC(C)=O)C2OC2OC(CO)C(O)C(O)C2O)C(O)C1O. The van der Waals surface area contributed by atoms with Crippen molar-refractivity contribution in [3.8, 4) is 0 Å². The van der Waals surface area contributed by atoms with Gasteiger partial charge in [-0.15, -0.1) is 0 Å². The van der Waals surface area contributed by atoms with Crippen molar-refractivity contribution in [2.24, 2.45) is 0 Å². The zero-order valence-electron chi connectivity index (χ0n) is 30.1. The minimum Gasteiger partial charge on any atom is -0.394 e. The Kier molecular flexibility index (Phi) is 16.8. The van der Waals surface area contributed by atoms with Gasteiger partial charge in [0.25, 0.3) is 0 Å². The molecule has 0 aliphatic carbocycles. The summed E-state index contributed by atoms with van der Waals surface area (Å²) in [7, 11) is 0. The van der Waals surface area contributed by atoms with E-state index in [0.29, 0.717) is 0 Å². The van der Waals surface area contributed by atoms with Gasteiger partial charge >= 0.3 is 0 Å². The van der Waals surface area contributed by atoms with Crippen LogP contribution in [-0.4, -0.2) is 235 Å². The Balaban J connectivity index is 1.70. The molecular weight excluding hydrogens is 752 g/mol. The summed E-state index contributed by atoms with van der Waals surface area (Å²) in [5.41, 5.74) is 0. The molecule has 0 aromatic carbocycles. The van der Waals surface area contributed by atoms with Gasteiger partial charge < -0.3 is 110 Å². The Morgan fingerprint density at radius 2 is 1.05 bits per heavy atom. The van der Waals surface area contributed by atoms with Gasteiger partial charge in [-0.1, -0.05) is 0 Å². The van der Waals surface area contributed by atoms with Gasteiger partial charge in [-0.3, -0.25) is 9.59 Å². The van der Waals surface area contributed by atoms with Gasteiger partial charge in [-0.25, -0.2) is 0 Å². The van der Waals surface area contributed by atoms with Crippen LogP contribution in [0.25, 0.3) is 0 Å². The van der Waals surface area contributed by atoms with Crippen molar-refractivity contribution in [1.82, 2.24) is 10.6 Å². The average Bonchev–Trinajstić information content (AvgIpc) is 3.15. The van der Waals surface area contributed by atoms with Crippen LogP contribution in [0.4, 0.5) is 0 Å². The summed E-state index contributed by atoms with van der Waals surface area (Å²) in [6.45, 7) is -0.177. The van der Waals surface area contributed by atoms with Crippen molar-refractivity contribution in [1.29, 1.82) is 0 Å². The van der Waals surface area contributed by atoms with Gasteiger partial charge in [0.15, 0.2) is 25.2 Å². The number of hydrogen-bond donors (Lipinski definition) is 14. The number of amides is 2. The summed E-state index contributed by atoms with van der Waals surface area (Å²) in [4.78, 5) is 23.9. The first kappa shape index (κ1) is 45.8. The first-order valence-corrected chi connectivity index (χ1v) is 17.6. The lowest BCUT2D eigenvalue weighted by Gasteiger charge is -2.51. The van der Waals surface area contributed by atoms with Crippen LogP contribution in [0.5, 0.6) is 0 Å². The van der Waals surface area contributed by atoms with Gasteiger partial charge in [-0.2, -0.15) is 0 Å². The normalized spacial score (nSPS) is 45.8. The third kappa shape index (κ3) is 10.6. The molecule has 0 bridgehead atoms. The highest BCUT2D eigenvalue weighted by atomic mass is 16.8. The van der Waals surface area contributed by atoms with E-state index in [1.165, 1.54) is 13.8 Å². The van der Waals surface area contributed by atoms with E-state index in [-0.39, 0.29) is 0 Å². The summed E-state index contributed by atoms with van der Waals surface area (Å²) in [6.07, 6.45) is -34.0. The Bertz CT molecular complexity index is 1220. The molecule has 0 aromatic heterocycles. The monoisotopic (exact) mass is 806 g/mol. The number of nitrogens with one attached hydrogen (secondary N) is 2. The van der Waals surface area contributed by atoms with Gasteiger partial charge in [0.05, 0.1) is 39.1 Å². The molecule has 4 rings (SSSR count). The number of carbonyl (C=O) groups excluding carboxylic acids is 2. The number of rotatable bonds is 15. The van der Waals surface area contributed by atoms with E-state index in [1.807, 2.05) is 0 Å². The average molecular weight is 807 g/mol. The molecule has 14 N–H and O–H groups in total. The van der Waals surface area contributed by atoms with Crippen molar-refractivity contribution in [3.05, 3.63) is 0 Å². The molecule has 4 fully saturated rings. The van der Waals surface area contributed by atoms with E-state index in [0.717, 1.165) is 6.92 Å². The lowest BCUT2D eigenvalue weighted by molar-refractivity contribution is -0.385. The molecule has 0 spiro atoms. The fourth-order valence-corrected chi connectivity index (χ4v) is 6.75. The van der Waals surface area contributed by atoms with Gasteiger partial charge in [-0.05, 0) is 6.92 Å². The van der Waals surface area contributed by atoms with E-state index >= 15 is 0 Å². The van der Waals surface area contributed by atoms with Crippen molar-refractivity contribution in [2.75, 3.05) is 33.0 Å². The fourth-order valence-electron chi connectivity index (χ4n) is 6.75. The minimum atomic E-state index is -2.05. The molecule has 0 aromatic rings. The molecule has 20 unspecified atom stereocenters. The highest BCUT2D eigenvalue weighted by Gasteiger charge is 2.57. The van der Waals surface area contributed by atoms with Crippen LogP contribution in [-0.2, 0) is 47.5 Å². The quantitative estimate of drug-likeness (QED) is 0.0683. The second kappa shape index (κ2) is 20.2. The predicted octanol–water partition coefficient (Wildman–Crippen LogP) is -9.06. The summed E-state index contributed by atoms with van der Waals surface area (Å²) in [6, 6.07) is -1.64. The third-order valence-electron chi connectivity index (χ3n) is 9.68. The third-order valence-corrected chi connectivity index (χ3v) is 9.68. The maximum Gasteiger partial charge on any atom is 0.217 e. The first-order valence-electron chi connectivity index (χ1n) is 17.6. The van der Waals surface area contributed by atoms with Crippen molar-refractivity contribution >= 4 is 11.8 Å². The van der Waals surface area contributed by atoms with Gasteiger partial charge in [0.2, 0.25) is 11.8 Å². The second-order valence-electron chi connectivity index (χ2n) is 13.7. The van der Waals surface area contributed by atoms with Crippen LogP contribution >= 0.6 is 0 Å². The molecule has 24 heteroatoms. The highest BCUT2D eigenvalue weighted by molar-refractivity contribution is 5.73. The van der Waals surface area contributed by atoms with E-state index in [2.05, 4.69) is 10.6 Å². The zero-order valence-corrected chi connectivity index (χ0v) is 30.1.